The molecule has 0 atom stereocenters. The van der Waals surface area contributed by atoms with Crippen molar-refractivity contribution in [1.29, 1.82) is 0 Å². The van der Waals surface area contributed by atoms with Crippen LogP contribution >= 0.6 is 0 Å². The number of likely N-dealkylation sites (tertiary alicyclic amines) is 1. The van der Waals surface area contributed by atoms with Crippen LogP contribution in [0.25, 0.3) is 0 Å². The Bertz CT molecular complexity index is 798. The lowest BCUT2D eigenvalue weighted by Crippen LogP contribution is -2.38. The number of esters is 1. The van der Waals surface area contributed by atoms with Crippen molar-refractivity contribution in [2.75, 3.05) is 26.0 Å². The van der Waals surface area contributed by atoms with E-state index in [0.717, 1.165) is 43.7 Å². The summed E-state index contributed by atoms with van der Waals surface area (Å²) in [5, 5.41) is 11.0. The number of nitrogens with zero attached hydrogens (tertiary/aromatic N) is 2. The summed E-state index contributed by atoms with van der Waals surface area (Å²) in [7, 11) is -3.82. The van der Waals surface area contributed by atoms with Crippen molar-refractivity contribution in [2.45, 2.75) is 24.2 Å². The highest BCUT2D eigenvalue weighted by molar-refractivity contribution is 7.90. The van der Waals surface area contributed by atoms with E-state index in [0.29, 0.717) is 13.1 Å². The van der Waals surface area contributed by atoms with Gasteiger partial charge in [0.2, 0.25) is 0 Å². The summed E-state index contributed by atoms with van der Waals surface area (Å²) >= 11 is 0. The van der Waals surface area contributed by atoms with E-state index in [-0.39, 0.29) is 11.5 Å². The minimum absolute atomic E-state index is 0.189. The smallest absolute Gasteiger partial charge is 0.338 e. The number of carbonyl (C=O) groups excluding carboxylic acids is 2. The highest BCUT2D eigenvalue weighted by Gasteiger charge is 2.25. The maximum atomic E-state index is 12.0. The van der Waals surface area contributed by atoms with E-state index in [2.05, 4.69) is 0 Å². The van der Waals surface area contributed by atoms with Gasteiger partial charge in [0.25, 0.3) is 11.6 Å². The molecule has 1 aromatic carbocycles. The van der Waals surface area contributed by atoms with Gasteiger partial charge in [-0.25, -0.2) is 13.2 Å². The third kappa shape index (κ3) is 4.75. The Morgan fingerprint density at radius 2 is 1.88 bits per heavy atom. The Labute approximate surface area is 144 Å². The molecule has 0 spiro atoms. The predicted molar refractivity (Wildman–Crippen MR) is 86.9 cm³/mol. The van der Waals surface area contributed by atoms with E-state index >= 15 is 0 Å². The van der Waals surface area contributed by atoms with Crippen molar-refractivity contribution >= 4 is 27.4 Å². The average molecular weight is 370 g/mol. The topological polar surface area (TPSA) is 124 Å². The second kappa shape index (κ2) is 7.60. The summed E-state index contributed by atoms with van der Waals surface area (Å²) in [6, 6.07) is 2.94. The number of carbonyl (C=O) groups is 2. The third-order valence-corrected chi connectivity index (χ3v) is 4.97. The number of piperidine rings is 1. The van der Waals surface area contributed by atoms with Gasteiger partial charge in [0, 0.05) is 25.4 Å². The van der Waals surface area contributed by atoms with Gasteiger partial charge in [-0.2, -0.15) is 0 Å². The number of nitro benzene ring substituents is 1. The summed E-state index contributed by atoms with van der Waals surface area (Å²) in [4.78, 5) is 35.2. The van der Waals surface area contributed by atoms with E-state index in [1.54, 1.807) is 4.90 Å². The first kappa shape index (κ1) is 18.8. The molecule has 10 heteroatoms. The van der Waals surface area contributed by atoms with Crippen molar-refractivity contribution in [2.24, 2.45) is 0 Å². The van der Waals surface area contributed by atoms with Crippen LogP contribution in [-0.4, -0.2) is 56.1 Å². The number of rotatable bonds is 5. The lowest BCUT2D eigenvalue weighted by Gasteiger charge is -2.26. The molecule has 1 amide bonds. The maximum Gasteiger partial charge on any atom is 0.338 e. The number of ether oxygens (including phenoxy) is 1. The van der Waals surface area contributed by atoms with Gasteiger partial charge in [-0.05, 0) is 31.4 Å². The second-order valence-electron chi connectivity index (χ2n) is 5.73. The van der Waals surface area contributed by atoms with Crippen LogP contribution in [0.2, 0.25) is 0 Å². The highest BCUT2D eigenvalue weighted by atomic mass is 32.2. The first-order valence-electron chi connectivity index (χ1n) is 7.63. The van der Waals surface area contributed by atoms with Crippen LogP contribution in [0.5, 0.6) is 0 Å². The van der Waals surface area contributed by atoms with Gasteiger partial charge in [-0.15, -0.1) is 0 Å². The molecule has 0 saturated carbocycles. The zero-order valence-electron chi connectivity index (χ0n) is 13.6. The number of amides is 1. The van der Waals surface area contributed by atoms with Crippen LogP contribution in [-0.2, 0) is 19.4 Å². The Morgan fingerprint density at radius 3 is 2.44 bits per heavy atom. The van der Waals surface area contributed by atoms with Crippen LogP contribution in [0.1, 0.15) is 29.6 Å². The van der Waals surface area contributed by atoms with Crippen LogP contribution in [0.15, 0.2) is 23.1 Å². The molecule has 1 saturated heterocycles. The van der Waals surface area contributed by atoms with Gasteiger partial charge in [-0.1, -0.05) is 0 Å². The van der Waals surface area contributed by atoms with Crippen molar-refractivity contribution in [1.82, 2.24) is 4.90 Å². The Morgan fingerprint density at radius 1 is 1.24 bits per heavy atom. The molecule has 0 N–H and O–H groups in total. The Hall–Kier alpha value is -2.49. The van der Waals surface area contributed by atoms with Crippen molar-refractivity contribution in [3.05, 3.63) is 33.9 Å². The molecule has 9 nitrogen and oxygen atoms in total. The Balaban J connectivity index is 2.10. The molecule has 0 bridgehead atoms. The Kier molecular flexibility index (Phi) is 5.73. The molecule has 0 aliphatic carbocycles. The van der Waals surface area contributed by atoms with Gasteiger partial charge >= 0.3 is 5.97 Å². The molecule has 1 aliphatic heterocycles. The fourth-order valence-electron chi connectivity index (χ4n) is 2.55. The van der Waals surface area contributed by atoms with E-state index in [9.17, 15) is 28.1 Å². The number of hydrogen-bond acceptors (Lipinski definition) is 7. The molecule has 2 rings (SSSR count). The molecular weight excluding hydrogens is 352 g/mol. The van der Waals surface area contributed by atoms with Crippen LogP contribution < -0.4 is 0 Å². The largest absolute Gasteiger partial charge is 0.452 e. The van der Waals surface area contributed by atoms with E-state index in [1.807, 2.05) is 0 Å². The fourth-order valence-corrected chi connectivity index (χ4v) is 3.37. The zero-order valence-corrected chi connectivity index (χ0v) is 14.5. The SMILES string of the molecule is CS(=O)(=O)c1ccc(C(=O)OCC(=O)N2CCCCC2)cc1[N+](=O)[O-]. The van der Waals surface area contributed by atoms with Crippen LogP contribution in [0.3, 0.4) is 0 Å². The molecule has 1 aliphatic rings. The summed E-state index contributed by atoms with van der Waals surface area (Å²) in [5.41, 5.74) is -0.898. The molecule has 0 unspecified atom stereocenters. The first-order chi connectivity index (χ1) is 11.7. The number of benzene rings is 1. The van der Waals surface area contributed by atoms with Gasteiger partial charge < -0.3 is 9.64 Å². The van der Waals surface area contributed by atoms with E-state index < -0.39 is 37.9 Å². The van der Waals surface area contributed by atoms with Gasteiger partial charge in [-0.3, -0.25) is 14.9 Å². The molecule has 1 aromatic rings. The van der Waals surface area contributed by atoms with Crippen LogP contribution in [0, 0.1) is 10.1 Å². The summed E-state index contributed by atoms with van der Waals surface area (Å²) in [6.07, 6.45) is 3.70. The quantitative estimate of drug-likeness (QED) is 0.433. The lowest BCUT2D eigenvalue weighted by atomic mass is 10.1. The molecular formula is C15H18N2O7S. The molecule has 136 valence electrons. The van der Waals surface area contributed by atoms with Gasteiger partial charge in [0.05, 0.1) is 10.5 Å². The molecule has 1 fully saturated rings. The van der Waals surface area contributed by atoms with E-state index in [4.69, 9.17) is 4.74 Å². The minimum atomic E-state index is -3.82. The first-order valence-corrected chi connectivity index (χ1v) is 9.52. The maximum absolute atomic E-state index is 12.0. The van der Waals surface area contributed by atoms with Crippen molar-refractivity contribution in [3.63, 3.8) is 0 Å². The van der Waals surface area contributed by atoms with Gasteiger partial charge in [0.15, 0.2) is 16.4 Å². The summed E-state index contributed by atoms with van der Waals surface area (Å²) < 4.78 is 28.0. The van der Waals surface area contributed by atoms with Gasteiger partial charge in [0.1, 0.15) is 4.90 Å². The molecule has 0 aromatic heterocycles. The number of hydrogen-bond donors (Lipinski definition) is 0. The van der Waals surface area contributed by atoms with Crippen LogP contribution in [0.4, 0.5) is 5.69 Å². The lowest BCUT2D eigenvalue weighted by molar-refractivity contribution is -0.387. The highest BCUT2D eigenvalue weighted by Crippen LogP contribution is 2.25. The number of sulfone groups is 1. The van der Waals surface area contributed by atoms with Crippen molar-refractivity contribution < 1.29 is 27.7 Å². The standard InChI is InChI=1S/C15H18N2O7S/c1-25(22,23)13-6-5-11(9-12(13)17(20)21)15(19)24-10-14(18)16-7-3-2-4-8-16/h5-6,9H,2-4,7-8,10H2,1H3. The summed E-state index contributed by atoms with van der Waals surface area (Å²) in [5.74, 6) is -1.25. The van der Waals surface area contributed by atoms with E-state index in [1.165, 1.54) is 0 Å². The van der Waals surface area contributed by atoms with Crippen molar-refractivity contribution in [3.8, 4) is 0 Å². The minimum Gasteiger partial charge on any atom is -0.452 e. The normalized spacial score (nSPS) is 14.8. The predicted octanol–water partition coefficient (Wildman–Crippen LogP) is 1.17. The number of nitro groups is 1. The fraction of sp³-hybridized carbons (Fsp3) is 0.467. The molecule has 1 heterocycles. The zero-order chi connectivity index (χ0) is 18.6. The average Bonchev–Trinajstić information content (AvgIpc) is 2.58. The second-order valence-corrected chi connectivity index (χ2v) is 7.71. The molecule has 25 heavy (non-hydrogen) atoms. The summed E-state index contributed by atoms with van der Waals surface area (Å²) in [6.45, 7) is 0.774. The third-order valence-electron chi connectivity index (χ3n) is 3.83. The monoisotopic (exact) mass is 370 g/mol. The molecule has 0 radical (unpaired) electrons.